The number of unbranched alkanes of at least 4 members (excludes halogenated alkanes) is 6. The number of halogens is 1. The maximum Gasteiger partial charge on any atom is 0.277 e. The smallest absolute Gasteiger partial charge is 0.277 e. The molecule has 1 atom stereocenters. The predicted molar refractivity (Wildman–Crippen MR) is 153 cm³/mol. The number of nitrogens with zero attached hydrogens (tertiary/aromatic N) is 4. The van der Waals surface area contributed by atoms with Crippen LogP contribution in [0.4, 0.5) is 4.39 Å². The van der Waals surface area contributed by atoms with Crippen LogP contribution in [0.5, 0.6) is 0 Å². The van der Waals surface area contributed by atoms with Gasteiger partial charge in [0.25, 0.3) is 5.56 Å². The molecule has 0 spiro atoms. The molecule has 1 aromatic carbocycles. The Kier molecular flexibility index (Phi) is 10.9. The highest BCUT2D eigenvalue weighted by atomic mass is 32.2. The normalized spacial score (nSPS) is 16.8. The van der Waals surface area contributed by atoms with Gasteiger partial charge in [0, 0.05) is 29.6 Å². The van der Waals surface area contributed by atoms with Crippen molar-refractivity contribution in [2.45, 2.75) is 115 Å². The second-order valence-corrected chi connectivity index (χ2v) is 11.1. The third-order valence-electron chi connectivity index (χ3n) is 7.21. The summed E-state index contributed by atoms with van der Waals surface area (Å²) < 4.78 is 15.5. The monoisotopic (exact) mass is 540 g/mol. The molecular weight excluding hydrogens is 499 g/mol. The van der Waals surface area contributed by atoms with Crippen molar-refractivity contribution in [2.75, 3.05) is 0 Å². The molecule has 0 saturated carbocycles. The number of hydrogen-bond acceptors (Lipinski definition) is 6. The molecule has 8 heteroatoms. The number of oxime groups is 1. The zero-order valence-corrected chi connectivity index (χ0v) is 23.6. The van der Waals surface area contributed by atoms with Crippen LogP contribution >= 0.6 is 11.8 Å². The van der Waals surface area contributed by atoms with Crippen molar-refractivity contribution < 1.29 is 9.23 Å². The molecule has 1 aliphatic heterocycles. The van der Waals surface area contributed by atoms with Gasteiger partial charge in [0.05, 0.1) is 6.54 Å². The lowest BCUT2D eigenvalue weighted by molar-refractivity contribution is 0.0198. The third kappa shape index (κ3) is 7.49. The van der Waals surface area contributed by atoms with Crippen LogP contribution in [0, 0.1) is 5.82 Å². The van der Waals surface area contributed by atoms with Gasteiger partial charge in [-0.2, -0.15) is 4.98 Å². The number of benzene rings is 1. The molecule has 0 fully saturated rings. The Morgan fingerprint density at radius 1 is 1.08 bits per heavy atom. The molecule has 6 nitrogen and oxygen atoms in total. The minimum absolute atomic E-state index is 0.0970. The summed E-state index contributed by atoms with van der Waals surface area (Å²) in [5, 5.41) is 5.22. The van der Waals surface area contributed by atoms with Gasteiger partial charge in [-0.05, 0) is 49.8 Å². The third-order valence-corrected chi connectivity index (χ3v) is 8.26. The van der Waals surface area contributed by atoms with E-state index in [9.17, 15) is 9.18 Å². The molecule has 0 N–H and O–H groups in total. The first-order chi connectivity index (χ1) is 18.6. The van der Waals surface area contributed by atoms with Crippen LogP contribution in [0.15, 0.2) is 51.6 Å². The minimum Gasteiger partial charge on any atom is -0.368 e. The van der Waals surface area contributed by atoms with Gasteiger partial charge >= 0.3 is 0 Å². The largest absolute Gasteiger partial charge is 0.368 e. The van der Waals surface area contributed by atoms with E-state index in [4.69, 9.17) is 4.84 Å². The van der Waals surface area contributed by atoms with Gasteiger partial charge < -0.3 is 9.40 Å². The Hall–Kier alpha value is -2.61. The number of allylic oxidation sites excluding steroid dienone is 1. The van der Waals surface area contributed by atoms with Crippen molar-refractivity contribution in [3.63, 3.8) is 0 Å². The Bertz CT molecular complexity index is 1160. The molecule has 1 unspecified atom stereocenters. The number of rotatable bonds is 15. The zero-order valence-electron chi connectivity index (χ0n) is 22.8. The van der Waals surface area contributed by atoms with Crippen LogP contribution < -0.4 is 5.56 Å². The Balaban J connectivity index is 1.54. The van der Waals surface area contributed by atoms with E-state index in [-0.39, 0.29) is 17.6 Å². The van der Waals surface area contributed by atoms with E-state index in [2.05, 4.69) is 45.7 Å². The molecule has 4 rings (SSSR count). The lowest BCUT2D eigenvalue weighted by Crippen LogP contribution is -2.35. The fourth-order valence-electron chi connectivity index (χ4n) is 5.03. The summed E-state index contributed by atoms with van der Waals surface area (Å²) in [6, 6.07) is 6.49. The SMILES string of the molecule is CCCC/C=C/N1C(Cn2c(SCc3ccc(F)cc3)nc(=O)c3c2CCC3)=NOC1CCCCCCC. The van der Waals surface area contributed by atoms with Gasteiger partial charge in [-0.1, -0.05) is 87.5 Å². The van der Waals surface area contributed by atoms with Crippen molar-refractivity contribution in [3.8, 4) is 0 Å². The number of thioether (sulfide) groups is 1. The summed E-state index contributed by atoms with van der Waals surface area (Å²) in [6.07, 6.45) is 17.2. The summed E-state index contributed by atoms with van der Waals surface area (Å²) in [6.45, 7) is 4.94. The van der Waals surface area contributed by atoms with Gasteiger partial charge in [-0.15, -0.1) is 0 Å². The first-order valence-electron chi connectivity index (χ1n) is 14.3. The second kappa shape index (κ2) is 14.5. The standard InChI is InChI=1S/C30H41FN4O2S/c1-3-5-7-9-10-15-28-34(20-11-8-6-4-2)27(33-37-28)21-35-26-14-12-13-25(26)29(36)32-30(35)38-22-23-16-18-24(31)19-17-23/h11,16-20,28H,3-10,12-15,21-22H2,1-2H3/b20-11+. The van der Waals surface area contributed by atoms with Gasteiger partial charge in [0.1, 0.15) is 5.82 Å². The zero-order chi connectivity index (χ0) is 26.7. The summed E-state index contributed by atoms with van der Waals surface area (Å²) in [4.78, 5) is 25.5. The summed E-state index contributed by atoms with van der Waals surface area (Å²) in [7, 11) is 0. The van der Waals surface area contributed by atoms with Crippen LogP contribution in [-0.2, 0) is 30.0 Å². The molecule has 2 aliphatic rings. The molecule has 206 valence electrons. The minimum atomic E-state index is -0.252. The lowest BCUT2D eigenvalue weighted by atomic mass is 10.1. The van der Waals surface area contributed by atoms with Gasteiger partial charge in [0.15, 0.2) is 11.0 Å². The van der Waals surface area contributed by atoms with E-state index in [0.29, 0.717) is 17.5 Å². The Labute approximate surface area is 230 Å². The number of aromatic nitrogens is 2. The molecule has 1 aliphatic carbocycles. The fourth-order valence-corrected chi connectivity index (χ4v) is 6.00. The predicted octanol–water partition coefficient (Wildman–Crippen LogP) is 7.20. The van der Waals surface area contributed by atoms with Crippen molar-refractivity contribution >= 4 is 17.6 Å². The maximum absolute atomic E-state index is 13.4. The lowest BCUT2D eigenvalue weighted by Gasteiger charge is -2.24. The van der Waals surface area contributed by atoms with Crippen LogP contribution in [0.1, 0.15) is 94.9 Å². The van der Waals surface area contributed by atoms with Gasteiger partial charge in [0.2, 0.25) is 6.23 Å². The Morgan fingerprint density at radius 2 is 1.87 bits per heavy atom. The fraction of sp³-hybridized carbons (Fsp3) is 0.567. The van der Waals surface area contributed by atoms with Crippen LogP contribution in [0.3, 0.4) is 0 Å². The molecule has 0 bridgehead atoms. The molecule has 2 heterocycles. The molecule has 0 radical (unpaired) electrons. The molecule has 0 saturated heterocycles. The first kappa shape index (κ1) is 28.4. The summed E-state index contributed by atoms with van der Waals surface area (Å²) >= 11 is 1.51. The van der Waals surface area contributed by atoms with Crippen LogP contribution in [-0.4, -0.2) is 26.5 Å². The average molecular weight is 541 g/mol. The van der Waals surface area contributed by atoms with Crippen molar-refractivity contribution in [2.24, 2.45) is 5.16 Å². The number of fused-ring (bicyclic) bond motifs is 1. The summed E-state index contributed by atoms with van der Waals surface area (Å²) in [5.74, 6) is 1.20. The Morgan fingerprint density at radius 3 is 2.66 bits per heavy atom. The molecule has 38 heavy (non-hydrogen) atoms. The second-order valence-electron chi connectivity index (χ2n) is 10.2. The number of amidine groups is 1. The summed E-state index contributed by atoms with van der Waals surface area (Å²) in [5.41, 5.74) is 2.75. The molecular formula is C30H41FN4O2S. The van der Waals surface area contributed by atoms with E-state index < -0.39 is 0 Å². The van der Waals surface area contributed by atoms with Crippen LogP contribution in [0.25, 0.3) is 0 Å². The molecule has 0 amide bonds. The van der Waals surface area contributed by atoms with Crippen molar-refractivity contribution in [1.29, 1.82) is 0 Å². The van der Waals surface area contributed by atoms with E-state index in [1.807, 2.05) is 0 Å². The first-order valence-corrected chi connectivity index (χ1v) is 15.3. The highest BCUT2D eigenvalue weighted by molar-refractivity contribution is 7.98. The maximum atomic E-state index is 13.4. The van der Waals surface area contributed by atoms with Crippen molar-refractivity contribution in [1.82, 2.24) is 14.5 Å². The average Bonchev–Trinajstić information content (AvgIpc) is 3.56. The number of hydrogen-bond donors (Lipinski definition) is 0. The highest BCUT2D eigenvalue weighted by Crippen LogP contribution is 2.28. The van der Waals surface area contributed by atoms with E-state index in [1.165, 1.54) is 49.6 Å². The topological polar surface area (TPSA) is 59.7 Å². The molecule has 2 aromatic rings. The molecule has 1 aromatic heterocycles. The van der Waals surface area contributed by atoms with Crippen LogP contribution in [0.2, 0.25) is 0 Å². The van der Waals surface area contributed by atoms with Gasteiger partial charge in [-0.25, -0.2) is 4.39 Å². The van der Waals surface area contributed by atoms with E-state index >= 15 is 0 Å². The van der Waals surface area contributed by atoms with E-state index in [0.717, 1.165) is 74.0 Å². The van der Waals surface area contributed by atoms with Gasteiger partial charge in [-0.3, -0.25) is 9.69 Å². The van der Waals surface area contributed by atoms with Crippen molar-refractivity contribution in [3.05, 3.63) is 69.5 Å². The quantitative estimate of drug-likeness (QED) is 0.136. The van der Waals surface area contributed by atoms with E-state index in [1.54, 1.807) is 12.1 Å². The highest BCUT2D eigenvalue weighted by Gasteiger charge is 2.30.